The molecule has 4 aromatic carbocycles. The highest BCUT2D eigenvalue weighted by Crippen LogP contribution is 2.35. The van der Waals surface area contributed by atoms with Crippen molar-refractivity contribution in [1.82, 2.24) is 24.8 Å². The molecule has 2 aliphatic rings. The summed E-state index contributed by atoms with van der Waals surface area (Å²) >= 11 is 4.00. The van der Waals surface area contributed by atoms with Gasteiger partial charge in [-0.25, -0.2) is 9.97 Å². The Hall–Kier alpha value is -6.10. The van der Waals surface area contributed by atoms with Crippen LogP contribution in [0.2, 0.25) is 0 Å². The fraction of sp³-hybridized carbons (Fsp3) is 0.393. The zero-order valence-electron chi connectivity index (χ0n) is 41.0. The Morgan fingerprint density at radius 2 is 1.07 bits per heavy atom. The number of likely N-dealkylation sites (N-methyl/N-ethyl adjacent to an activating group) is 2. The summed E-state index contributed by atoms with van der Waals surface area (Å²) in [5, 5.41) is 18.8. The molecule has 2 saturated carbocycles. The number of carboxylic acid groups (broad SMARTS) is 2. The minimum absolute atomic E-state index is 0.161. The second-order valence-corrected chi connectivity index (χ2v) is 22.0. The maximum Gasteiger partial charge on any atom is 0.317 e. The van der Waals surface area contributed by atoms with E-state index in [1.165, 1.54) is 47.7 Å². The second-order valence-electron chi connectivity index (χ2n) is 18.3. The standard InChI is InChI=1S/C28H33N3O4S.C28H32N2O4S2/c1-31(26(32)22-10-6-3-7-11-22)16-17-35-23-14-12-20(13-15-23)18-25(27(33)34)36-28-29-19-24(30-28)21-8-4-2-5-9-21;1-30(26(31)22-10-6-3-7-11-22)16-17-34-23-14-12-20(13-15-23)18-24(27(32)33)35-28-29-19-25(36-28)21-8-4-2-5-9-21/h2,4-5,8-9,12-15,19,22,25H,3,6-7,10-11,16-18H2,1H3,(H,29,30)(H,33,34);2,4-5,8-9,12-15,19,22,24H,3,6-7,10-11,16-18H2,1H3,(H,32,33). The molecule has 0 bridgehead atoms. The third kappa shape index (κ3) is 16.5. The van der Waals surface area contributed by atoms with Crippen LogP contribution in [0.3, 0.4) is 0 Å². The number of nitrogens with zero attached hydrogens (tertiary/aromatic N) is 4. The van der Waals surface area contributed by atoms with Crippen molar-refractivity contribution >= 4 is 58.6 Å². The minimum atomic E-state index is -0.886. The number of thioether (sulfide) groups is 2. The summed E-state index contributed by atoms with van der Waals surface area (Å²) in [6.07, 6.45) is 15.3. The Balaban J connectivity index is 0.000000211. The van der Waals surface area contributed by atoms with Gasteiger partial charge in [0.15, 0.2) is 9.50 Å². The number of carbonyl (C=O) groups excluding carboxylic acids is 2. The van der Waals surface area contributed by atoms with Crippen LogP contribution in [-0.4, -0.2) is 110 Å². The Bertz CT molecular complexity index is 2440. The zero-order chi connectivity index (χ0) is 50.7. The number of hydrogen-bond donors (Lipinski definition) is 3. The summed E-state index contributed by atoms with van der Waals surface area (Å²) in [4.78, 5) is 65.5. The van der Waals surface area contributed by atoms with E-state index in [-0.39, 0.29) is 23.7 Å². The molecule has 13 nitrogen and oxygen atoms in total. The van der Waals surface area contributed by atoms with Crippen LogP contribution >= 0.6 is 34.9 Å². The number of carboxylic acids is 2. The topological polar surface area (TPSA) is 175 Å². The number of rotatable bonds is 22. The van der Waals surface area contributed by atoms with Crippen molar-refractivity contribution < 1.29 is 38.9 Å². The van der Waals surface area contributed by atoms with Gasteiger partial charge < -0.3 is 34.5 Å². The normalized spacial score (nSPS) is 14.8. The van der Waals surface area contributed by atoms with Gasteiger partial charge in [-0.05, 0) is 85.0 Å². The molecule has 2 heterocycles. The van der Waals surface area contributed by atoms with Crippen LogP contribution < -0.4 is 9.47 Å². The van der Waals surface area contributed by atoms with E-state index in [1.807, 2.05) is 123 Å². The molecule has 0 aliphatic heterocycles. The largest absolute Gasteiger partial charge is 0.492 e. The van der Waals surface area contributed by atoms with E-state index in [0.717, 1.165) is 88.5 Å². The highest BCUT2D eigenvalue weighted by Gasteiger charge is 2.26. The van der Waals surface area contributed by atoms with Gasteiger partial charge in [0.1, 0.15) is 35.2 Å². The lowest BCUT2D eigenvalue weighted by molar-refractivity contribution is -0.137. The maximum atomic E-state index is 12.6. The molecule has 3 N–H and O–H groups in total. The minimum Gasteiger partial charge on any atom is -0.492 e. The first-order valence-electron chi connectivity index (χ1n) is 24.8. The number of thiazole rings is 1. The zero-order valence-corrected chi connectivity index (χ0v) is 43.5. The van der Waals surface area contributed by atoms with Crippen LogP contribution in [0.5, 0.6) is 11.5 Å². The average Bonchev–Trinajstić information content (AvgIpc) is 4.10. The lowest BCUT2D eigenvalue weighted by Crippen LogP contribution is -2.36. The third-order valence-electron chi connectivity index (χ3n) is 13.0. The van der Waals surface area contributed by atoms with Gasteiger partial charge in [0.05, 0.1) is 29.9 Å². The fourth-order valence-electron chi connectivity index (χ4n) is 8.81. The Morgan fingerprint density at radius 1 is 0.611 bits per heavy atom. The van der Waals surface area contributed by atoms with Gasteiger partial charge in [-0.2, -0.15) is 0 Å². The van der Waals surface area contributed by atoms with E-state index < -0.39 is 22.4 Å². The highest BCUT2D eigenvalue weighted by molar-refractivity contribution is 8.02. The monoisotopic (exact) mass is 1030 g/mol. The van der Waals surface area contributed by atoms with E-state index in [9.17, 15) is 29.4 Å². The molecular weight excluding hydrogens is 967 g/mol. The van der Waals surface area contributed by atoms with E-state index in [2.05, 4.69) is 15.0 Å². The van der Waals surface area contributed by atoms with Crippen LogP contribution in [0.4, 0.5) is 0 Å². The number of hydrogen-bond acceptors (Lipinski definition) is 11. The van der Waals surface area contributed by atoms with Crippen LogP contribution in [0.15, 0.2) is 131 Å². The van der Waals surface area contributed by atoms with Crippen molar-refractivity contribution in [3.63, 3.8) is 0 Å². The van der Waals surface area contributed by atoms with Crippen LogP contribution in [0.25, 0.3) is 21.7 Å². The fourth-order valence-corrected chi connectivity index (χ4v) is 11.9. The van der Waals surface area contributed by atoms with Gasteiger partial charge in [0.2, 0.25) is 11.8 Å². The Morgan fingerprint density at radius 3 is 1.54 bits per heavy atom. The molecule has 16 heteroatoms. The quantitative estimate of drug-likeness (QED) is 0.0550. The van der Waals surface area contributed by atoms with Crippen molar-refractivity contribution in [2.24, 2.45) is 11.8 Å². The Labute approximate surface area is 435 Å². The number of carbonyl (C=O) groups is 4. The molecule has 2 unspecified atom stereocenters. The number of benzene rings is 4. The smallest absolute Gasteiger partial charge is 0.317 e. The number of nitrogens with one attached hydrogen (secondary N) is 1. The van der Waals surface area contributed by atoms with Gasteiger partial charge in [0, 0.05) is 32.1 Å². The number of aromatic amines is 1. The lowest BCUT2D eigenvalue weighted by Gasteiger charge is -2.26. The number of aliphatic carboxylic acids is 2. The lowest BCUT2D eigenvalue weighted by atomic mass is 9.88. The van der Waals surface area contributed by atoms with Crippen LogP contribution in [0, 0.1) is 11.8 Å². The first-order valence-corrected chi connectivity index (χ1v) is 27.4. The average molecular weight is 1030 g/mol. The molecule has 2 fully saturated rings. The first-order chi connectivity index (χ1) is 35.0. The molecule has 2 aromatic heterocycles. The molecule has 380 valence electrons. The molecule has 8 rings (SSSR count). The van der Waals surface area contributed by atoms with E-state index in [1.54, 1.807) is 22.2 Å². The van der Waals surface area contributed by atoms with Crippen molar-refractivity contribution in [2.45, 2.75) is 97.0 Å². The van der Waals surface area contributed by atoms with Gasteiger partial charge in [0.25, 0.3) is 0 Å². The van der Waals surface area contributed by atoms with Crippen molar-refractivity contribution in [3.8, 4) is 33.2 Å². The van der Waals surface area contributed by atoms with Crippen molar-refractivity contribution in [1.29, 1.82) is 0 Å². The van der Waals surface area contributed by atoms with Gasteiger partial charge in [-0.15, -0.1) is 11.3 Å². The molecule has 0 saturated heterocycles. The summed E-state index contributed by atoms with van der Waals surface area (Å²) in [6, 6.07) is 34.8. The molecule has 0 spiro atoms. The summed E-state index contributed by atoms with van der Waals surface area (Å²) in [7, 11) is 3.69. The molecule has 6 aromatic rings. The van der Waals surface area contributed by atoms with Crippen LogP contribution in [0.1, 0.15) is 75.3 Å². The molecule has 0 radical (unpaired) electrons. The third-order valence-corrected chi connectivity index (χ3v) is 16.4. The van der Waals surface area contributed by atoms with Crippen LogP contribution in [-0.2, 0) is 32.0 Å². The first kappa shape index (κ1) is 53.7. The molecule has 72 heavy (non-hydrogen) atoms. The molecule has 2 aliphatic carbocycles. The maximum absolute atomic E-state index is 12.6. The number of ether oxygens (including phenoxy) is 2. The van der Waals surface area contributed by atoms with Gasteiger partial charge in [-0.3, -0.25) is 19.2 Å². The highest BCUT2D eigenvalue weighted by atomic mass is 32.2. The number of amides is 2. The second kappa shape index (κ2) is 27.6. The Kier molecular flexibility index (Phi) is 20.6. The predicted octanol–water partition coefficient (Wildman–Crippen LogP) is 11.3. The van der Waals surface area contributed by atoms with E-state index in [0.29, 0.717) is 55.8 Å². The van der Waals surface area contributed by atoms with Gasteiger partial charge in [-0.1, -0.05) is 147 Å². The predicted molar refractivity (Wildman–Crippen MR) is 286 cm³/mol. The summed E-state index contributed by atoms with van der Waals surface area (Å²) < 4.78 is 12.4. The summed E-state index contributed by atoms with van der Waals surface area (Å²) in [6.45, 7) is 1.94. The number of aromatic nitrogens is 3. The summed E-state index contributed by atoms with van der Waals surface area (Å²) in [5.41, 5.74) is 4.76. The van der Waals surface area contributed by atoms with E-state index in [4.69, 9.17) is 9.47 Å². The molecule has 2 atom stereocenters. The van der Waals surface area contributed by atoms with Crippen molar-refractivity contribution in [3.05, 3.63) is 133 Å². The van der Waals surface area contributed by atoms with Crippen molar-refractivity contribution in [2.75, 3.05) is 40.4 Å². The van der Waals surface area contributed by atoms with Gasteiger partial charge >= 0.3 is 11.9 Å². The number of imidazole rings is 1. The SMILES string of the molecule is CN(CCOc1ccc(CC(Sc2ncc(-c3ccccc3)[nH]2)C(=O)O)cc1)C(=O)C1CCCCC1.CN(CCOc1ccc(CC(Sc2ncc(-c3ccccc3)s2)C(=O)O)cc1)C(=O)C1CCCCC1. The summed E-state index contributed by atoms with van der Waals surface area (Å²) in [5.74, 6) is 0.442. The molecular formula is C56H65N5O8S3. The number of H-pyrrole nitrogens is 1. The van der Waals surface area contributed by atoms with E-state index >= 15 is 0 Å². The molecule has 2 amide bonds.